The molecule has 0 amide bonds. The van der Waals surface area contributed by atoms with Crippen molar-refractivity contribution in [3.05, 3.63) is 35.6 Å². The molecule has 0 bridgehead atoms. The average Bonchev–Trinajstić information content (AvgIpc) is 3.08. The molecule has 106 valence electrons. The Hall–Kier alpha value is -0.850. The van der Waals surface area contributed by atoms with Gasteiger partial charge in [0.05, 0.1) is 6.04 Å². The van der Waals surface area contributed by atoms with Crippen molar-refractivity contribution in [1.29, 1.82) is 0 Å². The number of nitrogens with one attached hydrogen (secondary N) is 1. The fraction of sp³-hybridized carbons (Fsp3) is 0.500. The Morgan fingerprint density at radius 2 is 2.21 bits per heavy atom. The summed E-state index contributed by atoms with van der Waals surface area (Å²) in [5.41, 5.74) is 6.57. The summed E-state index contributed by atoms with van der Waals surface area (Å²) in [6.07, 6.45) is 1.88. The van der Waals surface area contributed by atoms with Gasteiger partial charge in [0.15, 0.2) is 5.96 Å². The minimum atomic E-state index is -0.145. The van der Waals surface area contributed by atoms with Gasteiger partial charge in [0.1, 0.15) is 5.82 Å². The van der Waals surface area contributed by atoms with Crippen molar-refractivity contribution >= 4 is 29.9 Å². The Balaban J connectivity index is 0.00000180. The van der Waals surface area contributed by atoms with Gasteiger partial charge in [0, 0.05) is 12.0 Å². The Morgan fingerprint density at radius 3 is 2.84 bits per heavy atom. The van der Waals surface area contributed by atoms with E-state index in [2.05, 4.69) is 24.2 Å². The van der Waals surface area contributed by atoms with Crippen LogP contribution in [0.15, 0.2) is 29.3 Å². The van der Waals surface area contributed by atoms with E-state index in [1.807, 2.05) is 12.1 Å². The standard InChI is InChI=1S/C14H20FN3.HI/c1-3-9(2)17-14(16)18-13-8-11(13)10-6-4-5-7-12(10)15;/h4-7,9,11,13H,3,8H2,1-2H3,(H3,16,17,18);1H. The molecule has 3 nitrogen and oxygen atoms in total. The van der Waals surface area contributed by atoms with E-state index in [1.54, 1.807) is 6.07 Å². The quantitative estimate of drug-likeness (QED) is 0.482. The topological polar surface area (TPSA) is 50.4 Å². The molecule has 5 heteroatoms. The predicted molar refractivity (Wildman–Crippen MR) is 87.5 cm³/mol. The van der Waals surface area contributed by atoms with E-state index < -0.39 is 0 Å². The Kier molecular flexibility index (Phi) is 6.03. The van der Waals surface area contributed by atoms with Crippen molar-refractivity contribution in [2.75, 3.05) is 0 Å². The third kappa shape index (κ3) is 4.33. The summed E-state index contributed by atoms with van der Waals surface area (Å²) in [7, 11) is 0. The van der Waals surface area contributed by atoms with E-state index in [0.29, 0.717) is 12.0 Å². The highest BCUT2D eigenvalue weighted by molar-refractivity contribution is 14.0. The van der Waals surface area contributed by atoms with E-state index >= 15 is 0 Å². The lowest BCUT2D eigenvalue weighted by atomic mass is 10.1. The van der Waals surface area contributed by atoms with Crippen molar-refractivity contribution in [3.8, 4) is 0 Å². The maximum atomic E-state index is 13.6. The number of guanidine groups is 1. The molecule has 0 aromatic heterocycles. The van der Waals surface area contributed by atoms with Crippen LogP contribution < -0.4 is 11.1 Å². The number of benzene rings is 1. The lowest BCUT2D eigenvalue weighted by Crippen LogP contribution is -2.38. The van der Waals surface area contributed by atoms with Gasteiger partial charge in [-0.05, 0) is 31.4 Å². The van der Waals surface area contributed by atoms with E-state index in [1.165, 1.54) is 6.07 Å². The molecule has 0 aliphatic heterocycles. The molecule has 0 heterocycles. The monoisotopic (exact) mass is 377 g/mol. The van der Waals surface area contributed by atoms with Gasteiger partial charge in [-0.25, -0.2) is 9.38 Å². The first-order valence-electron chi connectivity index (χ1n) is 6.46. The molecule has 1 fully saturated rings. The molecule has 0 radical (unpaired) electrons. The number of aliphatic imine (C=N–C) groups is 1. The van der Waals surface area contributed by atoms with Crippen molar-refractivity contribution < 1.29 is 4.39 Å². The molecule has 0 saturated heterocycles. The van der Waals surface area contributed by atoms with Crippen molar-refractivity contribution in [2.45, 2.75) is 44.7 Å². The van der Waals surface area contributed by atoms with Crippen LogP contribution in [0.5, 0.6) is 0 Å². The van der Waals surface area contributed by atoms with Crippen molar-refractivity contribution in [3.63, 3.8) is 0 Å². The first-order valence-corrected chi connectivity index (χ1v) is 6.46. The number of rotatable bonds is 4. The second-order valence-electron chi connectivity index (χ2n) is 4.90. The van der Waals surface area contributed by atoms with Gasteiger partial charge >= 0.3 is 0 Å². The summed E-state index contributed by atoms with van der Waals surface area (Å²) >= 11 is 0. The normalized spacial score (nSPS) is 23.4. The largest absolute Gasteiger partial charge is 0.370 e. The summed E-state index contributed by atoms with van der Waals surface area (Å²) in [5.74, 6) is 0.505. The predicted octanol–water partition coefficient (Wildman–Crippen LogP) is 3.00. The van der Waals surface area contributed by atoms with Gasteiger partial charge in [-0.15, -0.1) is 24.0 Å². The smallest absolute Gasteiger partial charge is 0.189 e. The lowest BCUT2D eigenvalue weighted by molar-refractivity contribution is 0.609. The van der Waals surface area contributed by atoms with Gasteiger partial charge in [-0.2, -0.15) is 0 Å². The highest BCUT2D eigenvalue weighted by Crippen LogP contribution is 2.44. The van der Waals surface area contributed by atoms with Crippen molar-refractivity contribution in [2.24, 2.45) is 10.7 Å². The molecular formula is C14H21FIN3. The van der Waals surface area contributed by atoms with Crippen LogP contribution in [0.25, 0.3) is 0 Å². The van der Waals surface area contributed by atoms with E-state index in [9.17, 15) is 4.39 Å². The SMILES string of the molecule is CCC(C)NC(N)=NC1CC1c1ccccc1F.I. The van der Waals surface area contributed by atoms with Crippen LogP contribution in [0.4, 0.5) is 4.39 Å². The fourth-order valence-electron chi connectivity index (χ4n) is 2.00. The number of nitrogens with two attached hydrogens (primary N) is 1. The summed E-state index contributed by atoms with van der Waals surface area (Å²) in [4.78, 5) is 4.39. The summed E-state index contributed by atoms with van der Waals surface area (Å²) in [5, 5.41) is 3.12. The molecule has 19 heavy (non-hydrogen) atoms. The minimum absolute atomic E-state index is 0. The molecule has 3 unspecified atom stereocenters. The zero-order valence-corrected chi connectivity index (χ0v) is 13.6. The molecule has 1 aromatic carbocycles. The Labute approximate surface area is 130 Å². The van der Waals surface area contributed by atoms with Crippen LogP contribution in [0.3, 0.4) is 0 Å². The molecule has 1 aliphatic carbocycles. The number of nitrogens with zero attached hydrogens (tertiary/aromatic N) is 1. The number of hydrogen-bond donors (Lipinski definition) is 2. The van der Waals surface area contributed by atoms with E-state index in [4.69, 9.17) is 5.73 Å². The molecule has 2 rings (SSSR count). The highest BCUT2D eigenvalue weighted by Gasteiger charge is 2.40. The van der Waals surface area contributed by atoms with Crippen LogP contribution in [0.1, 0.15) is 38.2 Å². The molecule has 3 N–H and O–H groups in total. The Bertz CT molecular complexity index is 450. The van der Waals surface area contributed by atoms with E-state index in [-0.39, 0.29) is 41.8 Å². The van der Waals surface area contributed by atoms with Crippen molar-refractivity contribution in [1.82, 2.24) is 5.32 Å². The van der Waals surface area contributed by atoms with E-state index in [0.717, 1.165) is 18.4 Å². The summed E-state index contributed by atoms with van der Waals surface area (Å²) in [6, 6.07) is 7.33. The number of hydrogen-bond acceptors (Lipinski definition) is 1. The maximum Gasteiger partial charge on any atom is 0.189 e. The average molecular weight is 377 g/mol. The molecule has 3 atom stereocenters. The van der Waals surface area contributed by atoms with Crippen LogP contribution in [-0.2, 0) is 0 Å². The van der Waals surface area contributed by atoms with Gasteiger partial charge in [-0.1, -0.05) is 25.1 Å². The van der Waals surface area contributed by atoms with Gasteiger partial charge in [0.2, 0.25) is 0 Å². The molecule has 1 aliphatic rings. The van der Waals surface area contributed by atoms with Gasteiger partial charge in [0.25, 0.3) is 0 Å². The van der Waals surface area contributed by atoms with Crippen LogP contribution in [0, 0.1) is 5.82 Å². The first-order chi connectivity index (χ1) is 8.61. The lowest BCUT2D eigenvalue weighted by Gasteiger charge is -2.11. The second-order valence-corrected chi connectivity index (χ2v) is 4.90. The summed E-state index contributed by atoms with van der Waals surface area (Å²) in [6.45, 7) is 4.15. The fourth-order valence-corrected chi connectivity index (χ4v) is 2.00. The molecule has 1 aromatic rings. The zero-order valence-electron chi connectivity index (χ0n) is 11.3. The zero-order chi connectivity index (χ0) is 13.1. The second kappa shape index (κ2) is 7.07. The minimum Gasteiger partial charge on any atom is -0.370 e. The molecule has 1 saturated carbocycles. The summed E-state index contributed by atoms with van der Waals surface area (Å²) < 4.78 is 13.6. The molecule has 0 spiro atoms. The third-order valence-corrected chi connectivity index (χ3v) is 3.37. The molecular weight excluding hydrogens is 356 g/mol. The Morgan fingerprint density at radius 1 is 1.53 bits per heavy atom. The van der Waals surface area contributed by atoms with Gasteiger partial charge in [-0.3, -0.25) is 0 Å². The maximum absolute atomic E-state index is 13.6. The first kappa shape index (κ1) is 16.2. The van der Waals surface area contributed by atoms with Crippen LogP contribution >= 0.6 is 24.0 Å². The highest BCUT2D eigenvalue weighted by atomic mass is 127. The van der Waals surface area contributed by atoms with Crippen LogP contribution in [-0.4, -0.2) is 18.0 Å². The number of halogens is 2. The van der Waals surface area contributed by atoms with Gasteiger partial charge < -0.3 is 11.1 Å². The third-order valence-electron chi connectivity index (χ3n) is 3.37. The van der Waals surface area contributed by atoms with Crippen LogP contribution in [0.2, 0.25) is 0 Å².